The van der Waals surface area contributed by atoms with Gasteiger partial charge in [-0.1, -0.05) is 12.1 Å². The lowest BCUT2D eigenvalue weighted by Crippen LogP contribution is -2.37. The third-order valence-electron chi connectivity index (χ3n) is 5.74. The summed E-state index contributed by atoms with van der Waals surface area (Å²) in [6.45, 7) is 1.52. The van der Waals surface area contributed by atoms with Crippen LogP contribution in [0.2, 0.25) is 0 Å². The van der Waals surface area contributed by atoms with Crippen LogP contribution in [0.4, 0.5) is 10.5 Å². The number of anilines is 1. The van der Waals surface area contributed by atoms with E-state index in [1.165, 1.54) is 18.4 Å². The van der Waals surface area contributed by atoms with Gasteiger partial charge >= 0.3 is 6.03 Å². The van der Waals surface area contributed by atoms with Crippen molar-refractivity contribution < 1.29 is 4.79 Å². The molecule has 2 amide bonds. The Morgan fingerprint density at radius 3 is 2.45 bits per heavy atom. The maximum Gasteiger partial charge on any atom is 0.324 e. The average Bonchev–Trinajstić information content (AvgIpc) is 3.16. The van der Waals surface area contributed by atoms with Crippen molar-refractivity contribution in [3.8, 4) is 0 Å². The van der Waals surface area contributed by atoms with E-state index in [-0.39, 0.29) is 23.7 Å². The van der Waals surface area contributed by atoms with Crippen molar-refractivity contribution in [3.05, 3.63) is 29.8 Å². The molecular formula is C17H24N4O. The summed E-state index contributed by atoms with van der Waals surface area (Å²) in [5.74, 6) is 0. The molecule has 3 fully saturated rings. The monoisotopic (exact) mass is 300 g/mol. The normalized spacial score (nSPS) is 29.4. The summed E-state index contributed by atoms with van der Waals surface area (Å²) in [5, 5.41) is 0. The Hall–Kier alpha value is -1.59. The summed E-state index contributed by atoms with van der Waals surface area (Å²) in [4.78, 5) is 18.6. The van der Waals surface area contributed by atoms with Crippen molar-refractivity contribution in [2.75, 3.05) is 32.1 Å². The smallest absolute Gasteiger partial charge is 0.324 e. The summed E-state index contributed by atoms with van der Waals surface area (Å²) in [6, 6.07) is 8.95. The second kappa shape index (κ2) is 4.70. The fraction of sp³-hybridized carbons (Fsp3) is 0.588. The number of carbonyl (C=O) groups excluding carboxylic acids is 1. The molecule has 22 heavy (non-hydrogen) atoms. The highest BCUT2D eigenvalue weighted by Crippen LogP contribution is 2.49. The Bertz CT molecular complexity index is 593. The van der Waals surface area contributed by atoms with Gasteiger partial charge in [-0.25, -0.2) is 4.79 Å². The molecule has 0 bridgehead atoms. The van der Waals surface area contributed by atoms with Crippen LogP contribution in [0.5, 0.6) is 0 Å². The van der Waals surface area contributed by atoms with Crippen LogP contribution in [0.15, 0.2) is 24.3 Å². The SMILES string of the molecule is CN(C)C1(c2ccc(N3C[C@@H]4[C@H](N)CCN4C3=O)cc2)CC1. The second-order valence-corrected chi connectivity index (χ2v) is 7.08. The largest absolute Gasteiger partial charge is 0.326 e. The van der Waals surface area contributed by atoms with Crippen molar-refractivity contribution in [1.29, 1.82) is 0 Å². The first kappa shape index (κ1) is 14.0. The second-order valence-electron chi connectivity index (χ2n) is 7.08. The molecule has 118 valence electrons. The van der Waals surface area contributed by atoms with E-state index in [0.29, 0.717) is 0 Å². The van der Waals surface area contributed by atoms with E-state index in [4.69, 9.17) is 5.73 Å². The number of fused-ring (bicyclic) bond motifs is 1. The van der Waals surface area contributed by atoms with Crippen LogP contribution in [0, 0.1) is 0 Å². The Balaban J connectivity index is 1.56. The molecule has 1 aliphatic carbocycles. The molecule has 2 aliphatic heterocycles. The van der Waals surface area contributed by atoms with Gasteiger partial charge in [-0.15, -0.1) is 0 Å². The van der Waals surface area contributed by atoms with Crippen molar-refractivity contribution in [2.24, 2.45) is 5.73 Å². The molecule has 3 aliphatic rings. The lowest BCUT2D eigenvalue weighted by molar-refractivity contribution is 0.218. The van der Waals surface area contributed by atoms with Gasteiger partial charge in [-0.05, 0) is 51.1 Å². The standard InChI is InChI=1S/C17H24N4O/c1-19(2)17(8-9-17)12-3-5-13(6-4-12)21-11-15-14(18)7-10-20(15)16(21)22/h3-6,14-15H,7-11,18H2,1-2H3/t14-,15-/m1/s1. The first-order valence-electron chi connectivity index (χ1n) is 8.15. The van der Waals surface area contributed by atoms with Crippen LogP contribution in [-0.4, -0.2) is 55.1 Å². The number of nitrogens with two attached hydrogens (primary N) is 1. The molecule has 2 N–H and O–H groups in total. The van der Waals surface area contributed by atoms with E-state index in [0.717, 1.165) is 25.2 Å². The van der Waals surface area contributed by atoms with Gasteiger partial charge in [0.15, 0.2) is 0 Å². The predicted octanol–water partition coefficient (Wildman–Crippen LogP) is 1.58. The molecule has 4 rings (SSSR count). The molecule has 5 heteroatoms. The number of carbonyl (C=O) groups is 1. The van der Waals surface area contributed by atoms with E-state index in [1.54, 1.807) is 0 Å². The number of nitrogens with zero attached hydrogens (tertiary/aromatic N) is 3. The van der Waals surface area contributed by atoms with Crippen LogP contribution in [0.1, 0.15) is 24.8 Å². The molecule has 1 saturated carbocycles. The molecule has 0 spiro atoms. The highest BCUT2D eigenvalue weighted by atomic mass is 16.2. The first-order chi connectivity index (χ1) is 10.5. The first-order valence-corrected chi connectivity index (χ1v) is 8.15. The van der Waals surface area contributed by atoms with Crippen molar-refractivity contribution in [3.63, 3.8) is 0 Å². The van der Waals surface area contributed by atoms with E-state index in [1.807, 2.05) is 9.80 Å². The predicted molar refractivity (Wildman–Crippen MR) is 86.9 cm³/mol. The van der Waals surface area contributed by atoms with Crippen LogP contribution in [0.25, 0.3) is 0 Å². The molecule has 0 aromatic heterocycles. The topological polar surface area (TPSA) is 52.8 Å². The highest BCUT2D eigenvalue weighted by molar-refractivity contribution is 5.95. The number of urea groups is 1. The summed E-state index contributed by atoms with van der Waals surface area (Å²) in [5.41, 5.74) is 8.68. The van der Waals surface area contributed by atoms with Gasteiger partial charge in [0.05, 0.1) is 6.04 Å². The lowest BCUT2D eigenvalue weighted by atomic mass is 10.0. The van der Waals surface area contributed by atoms with E-state index in [2.05, 4.69) is 43.3 Å². The lowest BCUT2D eigenvalue weighted by Gasteiger charge is -2.25. The summed E-state index contributed by atoms with van der Waals surface area (Å²) >= 11 is 0. The van der Waals surface area contributed by atoms with Crippen LogP contribution >= 0.6 is 0 Å². The molecule has 1 aromatic carbocycles. The number of rotatable bonds is 3. The van der Waals surface area contributed by atoms with Crippen molar-refractivity contribution in [2.45, 2.75) is 36.9 Å². The maximum absolute atomic E-state index is 12.5. The molecule has 2 atom stereocenters. The zero-order valence-corrected chi connectivity index (χ0v) is 13.3. The molecule has 0 radical (unpaired) electrons. The Labute approximate surface area is 131 Å². The zero-order chi connectivity index (χ0) is 15.5. The molecule has 2 heterocycles. The molecular weight excluding hydrogens is 276 g/mol. The van der Waals surface area contributed by atoms with Crippen molar-refractivity contribution in [1.82, 2.24) is 9.80 Å². The summed E-state index contributed by atoms with van der Waals surface area (Å²) in [7, 11) is 4.28. The molecule has 2 saturated heterocycles. The molecule has 1 aromatic rings. The van der Waals surface area contributed by atoms with Gasteiger partial charge in [-0.3, -0.25) is 9.80 Å². The number of hydrogen-bond acceptors (Lipinski definition) is 3. The molecule has 0 unspecified atom stereocenters. The minimum absolute atomic E-state index is 0.111. The fourth-order valence-electron chi connectivity index (χ4n) is 4.05. The number of amides is 2. The Kier molecular flexibility index (Phi) is 3.00. The quantitative estimate of drug-likeness (QED) is 0.922. The minimum atomic E-state index is 0.111. The Morgan fingerprint density at radius 2 is 1.91 bits per heavy atom. The van der Waals surface area contributed by atoms with Gasteiger partial charge in [0, 0.05) is 30.4 Å². The summed E-state index contributed by atoms with van der Waals surface area (Å²) in [6.07, 6.45) is 3.36. The van der Waals surface area contributed by atoms with E-state index >= 15 is 0 Å². The third kappa shape index (κ3) is 1.88. The van der Waals surface area contributed by atoms with E-state index in [9.17, 15) is 4.79 Å². The maximum atomic E-state index is 12.5. The summed E-state index contributed by atoms with van der Waals surface area (Å²) < 4.78 is 0. The third-order valence-corrected chi connectivity index (χ3v) is 5.74. The van der Waals surface area contributed by atoms with Gasteiger partial charge in [0.2, 0.25) is 0 Å². The minimum Gasteiger partial charge on any atom is -0.326 e. The van der Waals surface area contributed by atoms with Gasteiger partial charge in [0.25, 0.3) is 0 Å². The highest BCUT2D eigenvalue weighted by Gasteiger charge is 2.47. The number of hydrogen-bond donors (Lipinski definition) is 1. The fourth-order valence-corrected chi connectivity index (χ4v) is 4.05. The van der Waals surface area contributed by atoms with E-state index < -0.39 is 0 Å². The zero-order valence-electron chi connectivity index (χ0n) is 13.3. The van der Waals surface area contributed by atoms with Crippen molar-refractivity contribution >= 4 is 11.7 Å². The molecule has 5 nitrogen and oxygen atoms in total. The average molecular weight is 300 g/mol. The van der Waals surface area contributed by atoms with Crippen LogP contribution in [-0.2, 0) is 5.54 Å². The van der Waals surface area contributed by atoms with Gasteiger partial charge in [-0.2, -0.15) is 0 Å². The van der Waals surface area contributed by atoms with Crippen LogP contribution in [0.3, 0.4) is 0 Å². The van der Waals surface area contributed by atoms with Gasteiger partial charge in [0.1, 0.15) is 0 Å². The van der Waals surface area contributed by atoms with Crippen LogP contribution < -0.4 is 10.6 Å². The number of benzene rings is 1. The van der Waals surface area contributed by atoms with Gasteiger partial charge < -0.3 is 10.6 Å². The Morgan fingerprint density at radius 1 is 1.23 bits per heavy atom.